The van der Waals surface area contributed by atoms with E-state index in [1.54, 1.807) is 0 Å². The fourth-order valence-corrected chi connectivity index (χ4v) is 3.22. The number of aryl methyl sites for hydroxylation is 2. The second-order valence-electron chi connectivity index (χ2n) is 6.49. The lowest BCUT2D eigenvalue weighted by atomic mass is 10.1. The molecule has 1 aromatic heterocycles. The number of hydrogen-bond acceptors (Lipinski definition) is 2. The number of hydrogen-bond donors (Lipinski definition) is 1. The average molecular weight is 350 g/mol. The third-order valence-electron chi connectivity index (χ3n) is 4.55. The summed E-state index contributed by atoms with van der Waals surface area (Å²) >= 11 is 0. The molecule has 0 aliphatic rings. The summed E-state index contributed by atoms with van der Waals surface area (Å²) < 4.78 is 7.57. The van der Waals surface area contributed by atoms with E-state index in [0.717, 1.165) is 24.2 Å². The number of carbonyl (C=O) groups excluding carboxylic acids is 1. The number of carbonyl (C=O) groups is 1. The molecule has 4 nitrogen and oxygen atoms in total. The first-order chi connectivity index (χ1) is 12.7. The van der Waals surface area contributed by atoms with Gasteiger partial charge in [-0.2, -0.15) is 0 Å². The maximum atomic E-state index is 12.1. The van der Waals surface area contributed by atoms with Gasteiger partial charge in [0.25, 0.3) is 0 Å². The molecule has 1 N–H and O–H groups in total. The minimum atomic E-state index is 0.0964. The Hall–Kier alpha value is -2.75. The van der Waals surface area contributed by atoms with Gasteiger partial charge in [0.2, 0.25) is 5.91 Å². The van der Waals surface area contributed by atoms with Crippen LogP contribution in [0.5, 0.6) is 5.75 Å². The van der Waals surface area contributed by atoms with Gasteiger partial charge in [0, 0.05) is 37.1 Å². The van der Waals surface area contributed by atoms with Crippen molar-refractivity contribution >= 4 is 16.8 Å². The number of aromatic nitrogens is 1. The largest absolute Gasteiger partial charge is 0.494 e. The Morgan fingerprint density at radius 1 is 1.12 bits per heavy atom. The Morgan fingerprint density at radius 2 is 1.88 bits per heavy atom. The SMILES string of the molecule is CCOc1ccc(CNC(=O)CCCc2cn(C)c3ccccc23)cc1. The van der Waals surface area contributed by atoms with E-state index in [1.807, 2.05) is 31.2 Å². The monoisotopic (exact) mass is 350 g/mol. The van der Waals surface area contributed by atoms with Gasteiger partial charge < -0.3 is 14.6 Å². The van der Waals surface area contributed by atoms with Crippen LogP contribution in [0.1, 0.15) is 30.9 Å². The summed E-state index contributed by atoms with van der Waals surface area (Å²) in [5.74, 6) is 0.955. The molecule has 4 heteroatoms. The van der Waals surface area contributed by atoms with Gasteiger partial charge in [-0.1, -0.05) is 30.3 Å². The standard InChI is InChI=1S/C22H26N2O2/c1-3-26-19-13-11-17(12-14-19)15-23-22(25)10-6-7-18-16-24(2)21-9-5-4-8-20(18)21/h4-5,8-9,11-14,16H,3,6-7,10,15H2,1-2H3,(H,23,25). The van der Waals surface area contributed by atoms with Gasteiger partial charge in [-0.3, -0.25) is 4.79 Å². The second kappa shape index (κ2) is 8.56. The highest BCUT2D eigenvalue weighted by Crippen LogP contribution is 2.21. The molecule has 26 heavy (non-hydrogen) atoms. The smallest absolute Gasteiger partial charge is 0.220 e. The molecule has 0 aliphatic heterocycles. The van der Waals surface area contributed by atoms with Gasteiger partial charge in [-0.15, -0.1) is 0 Å². The quantitative estimate of drug-likeness (QED) is 0.661. The van der Waals surface area contributed by atoms with Crippen LogP contribution in [0, 0.1) is 0 Å². The maximum Gasteiger partial charge on any atom is 0.220 e. The first kappa shape index (κ1) is 18.1. The second-order valence-corrected chi connectivity index (χ2v) is 6.49. The lowest BCUT2D eigenvalue weighted by Gasteiger charge is -2.07. The van der Waals surface area contributed by atoms with Crippen LogP contribution >= 0.6 is 0 Å². The van der Waals surface area contributed by atoms with Gasteiger partial charge in [0.1, 0.15) is 5.75 Å². The third-order valence-corrected chi connectivity index (χ3v) is 4.55. The highest BCUT2D eigenvalue weighted by molar-refractivity contribution is 5.84. The molecule has 3 rings (SSSR count). The van der Waals surface area contributed by atoms with Gasteiger partial charge in [0.05, 0.1) is 6.61 Å². The Bertz CT molecular complexity index is 865. The Kier molecular flexibility index (Phi) is 5.95. The third kappa shape index (κ3) is 4.45. The summed E-state index contributed by atoms with van der Waals surface area (Å²) in [7, 11) is 2.06. The molecule has 136 valence electrons. The van der Waals surface area contributed by atoms with Crippen molar-refractivity contribution in [1.82, 2.24) is 9.88 Å². The molecule has 2 aromatic carbocycles. The van der Waals surface area contributed by atoms with Crippen molar-refractivity contribution in [3.8, 4) is 5.75 Å². The molecule has 1 amide bonds. The minimum absolute atomic E-state index is 0.0964. The van der Waals surface area contributed by atoms with Crippen LogP contribution in [-0.4, -0.2) is 17.1 Å². The van der Waals surface area contributed by atoms with E-state index >= 15 is 0 Å². The molecule has 0 aliphatic carbocycles. The molecule has 0 saturated carbocycles. The molecule has 1 heterocycles. The van der Waals surface area contributed by atoms with Crippen molar-refractivity contribution in [2.45, 2.75) is 32.7 Å². The zero-order valence-electron chi connectivity index (χ0n) is 15.5. The fourth-order valence-electron chi connectivity index (χ4n) is 3.22. The Morgan fingerprint density at radius 3 is 2.65 bits per heavy atom. The fraction of sp³-hybridized carbons (Fsp3) is 0.318. The number of nitrogens with zero attached hydrogens (tertiary/aromatic N) is 1. The summed E-state index contributed by atoms with van der Waals surface area (Å²) in [6, 6.07) is 16.2. The topological polar surface area (TPSA) is 43.3 Å². The molecule has 0 bridgehead atoms. The summed E-state index contributed by atoms with van der Waals surface area (Å²) in [6.45, 7) is 3.18. The van der Waals surface area contributed by atoms with E-state index < -0.39 is 0 Å². The zero-order chi connectivity index (χ0) is 18.4. The summed E-state index contributed by atoms with van der Waals surface area (Å²) in [5, 5.41) is 4.28. The predicted octanol–water partition coefficient (Wildman–Crippen LogP) is 4.22. The molecule has 0 atom stereocenters. The first-order valence-corrected chi connectivity index (χ1v) is 9.18. The zero-order valence-corrected chi connectivity index (χ0v) is 15.5. The Labute approximate surface area is 154 Å². The van der Waals surface area contributed by atoms with E-state index in [-0.39, 0.29) is 5.91 Å². The van der Waals surface area contributed by atoms with Crippen molar-refractivity contribution in [3.05, 3.63) is 65.9 Å². The number of rotatable bonds is 8. The maximum absolute atomic E-state index is 12.1. The van der Waals surface area contributed by atoms with E-state index in [1.165, 1.54) is 16.5 Å². The summed E-state index contributed by atoms with van der Waals surface area (Å²) in [4.78, 5) is 12.1. The molecule has 0 fully saturated rings. The molecule has 0 saturated heterocycles. The van der Waals surface area contributed by atoms with Crippen LogP contribution in [0.15, 0.2) is 54.7 Å². The average Bonchev–Trinajstić information content (AvgIpc) is 2.98. The summed E-state index contributed by atoms with van der Waals surface area (Å²) in [5.41, 5.74) is 3.63. The first-order valence-electron chi connectivity index (χ1n) is 9.18. The van der Waals surface area contributed by atoms with E-state index in [9.17, 15) is 4.79 Å². The lowest BCUT2D eigenvalue weighted by molar-refractivity contribution is -0.121. The van der Waals surface area contributed by atoms with Crippen molar-refractivity contribution in [1.29, 1.82) is 0 Å². The summed E-state index contributed by atoms with van der Waals surface area (Å²) in [6.07, 6.45) is 4.48. The predicted molar refractivity (Wildman–Crippen MR) is 105 cm³/mol. The van der Waals surface area contributed by atoms with Crippen LogP contribution in [-0.2, 0) is 24.8 Å². The van der Waals surface area contributed by atoms with Crippen LogP contribution in [0.25, 0.3) is 10.9 Å². The van der Waals surface area contributed by atoms with E-state index in [0.29, 0.717) is 19.6 Å². The van der Waals surface area contributed by atoms with Crippen molar-refractivity contribution in [2.75, 3.05) is 6.61 Å². The van der Waals surface area contributed by atoms with Crippen LogP contribution in [0.2, 0.25) is 0 Å². The Balaban J connectivity index is 1.45. The number of benzene rings is 2. The molecular weight excluding hydrogens is 324 g/mol. The normalized spacial score (nSPS) is 10.8. The van der Waals surface area contributed by atoms with Crippen molar-refractivity contribution in [3.63, 3.8) is 0 Å². The molecular formula is C22H26N2O2. The van der Waals surface area contributed by atoms with Crippen LogP contribution in [0.4, 0.5) is 0 Å². The van der Waals surface area contributed by atoms with Crippen LogP contribution < -0.4 is 10.1 Å². The molecule has 0 radical (unpaired) electrons. The lowest BCUT2D eigenvalue weighted by Crippen LogP contribution is -2.22. The number of nitrogens with one attached hydrogen (secondary N) is 1. The number of fused-ring (bicyclic) bond motifs is 1. The minimum Gasteiger partial charge on any atom is -0.494 e. The number of para-hydroxylation sites is 1. The molecule has 0 unspecified atom stereocenters. The highest BCUT2D eigenvalue weighted by Gasteiger charge is 2.07. The van der Waals surface area contributed by atoms with Crippen molar-refractivity contribution < 1.29 is 9.53 Å². The van der Waals surface area contributed by atoms with E-state index in [4.69, 9.17) is 4.74 Å². The van der Waals surface area contributed by atoms with Gasteiger partial charge in [-0.25, -0.2) is 0 Å². The molecule has 3 aromatic rings. The van der Waals surface area contributed by atoms with Crippen LogP contribution in [0.3, 0.4) is 0 Å². The molecule has 0 spiro atoms. The van der Waals surface area contributed by atoms with Crippen molar-refractivity contribution in [2.24, 2.45) is 7.05 Å². The highest BCUT2D eigenvalue weighted by atomic mass is 16.5. The van der Waals surface area contributed by atoms with Gasteiger partial charge >= 0.3 is 0 Å². The van der Waals surface area contributed by atoms with E-state index in [2.05, 4.69) is 47.4 Å². The van der Waals surface area contributed by atoms with Gasteiger partial charge in [0.15, 0.2) is 0 Å². The number of amides is 1. The van der Waals surface area contributed by atoms with Gasteiger partial charge in [-0.05, 0) is 49.1 Å². The number of ether oxygens (including phenoxy) is 1.